The maximum Gasteiger partial charge on any atom is 0.144 e. The van der Waals surface area contributed by atoms with Crippen LogP contribution in [-0.4, -0.2) is 24.6 Å². The van der Waals surface area contributed by atoms with Crippen molar-refractivity contribution in [2.75, 3.05) is 11.9 Å². The maximum absolute atomic E-state index is 11.1. The Labute approximate surface area is 141 Å². The van der Waals surface area contributed by atoms with E-state index in [4.69, 9.17) is 11.6 Å². The van der Waals surface area contributed by atoms with E-state index in [9.17, 15) is 4.79 Å². The second-order valence-electron chi connectivity index (χ2n) is 4.75. The van der Waals surface area contributed by atoms with Crippen LogP contribution in [0.5, 0.6) is 0 Å². The highest BCUT2D eigenvalue weighted by molar-refractivity contribution is 14.1. The molecule has 0 saturated carbocycles. The summed E-state index contributed by atoms with van der Waals surface area (Å²) in [6.45, 7) is 0.398. The summed E-state index contributed by atoms with van der Waals surface area (Å²) in [5.74, 6) is 0. The summed E-state index contributed by atoms with van der Waals surface area (Å²) in [4.78, 5) is 15.8. The lowest BCUT2D eigenvalue weighted by atomic mass is 10.0. The molecule has 1 N–H and O–H groups in total. The highest BCUT2D eigenvalue weighted by atomic mass is 127. The van der Waals surface area contributed by atoms with Gasteiger partial charge in [0.2, 0.25) is 0 Å². The van der Waals surface area contributed by atoms with Crippen LogP contribution in [0.15, 0.2) is 47.5 Å². The minimum Gasteiger partial charge on any atom is -0.373 e. The summed E-state index contributed by atoms with van der Waals surface area (Å²) in [6, 6.07) is 13.4. The summed E-state index contributed by atoms with van der Waals surface area (Å²) < 4.78 is 1.11. The molecule has 0 aliphatic carbocycles. The Bertz CT molecular complexity index is 730. The first-order chi connectivity index (χ1) is 10.2. The first-order valence-corrected chi connectivity index (χ1v) is 7.96. The van der Waals surface area contributed by atoms with Gasteiger partial charge in [0, 0.05) is 25.4 Å². The molecule has 1 unspecified atom stereocenters. The van der Waals surface area contributed by atoms with E-state index >= 15 is 0 Å². The van der Waals surface area contributed by atoms with E-state index in [2.05, 4.69) is 39.0 Å². The number of halogens is 2. The number of carbonyl (C=O) groups is 1. The van der Waals surface area contributed by atoms with Gasteiger partial charge >= 0.3 is 0 Å². The largest absolute Gasteiger partial charge is 0.373 e. The normalized spacial score (nSPS) is 17.2. The van der Waals surface area contributed by atoms with Crippen molar-refractivity contribution in [3.63, 3.8) is 0 Å². The molecule has 2 aromatic rings. The second kappa shape index (κ2) is 6.15. The number of nitrogens with zero attached hydrogens (tertiary/aromatic N) is 1. The Hall–Kier alpha value is -1.40. The molecule has 21 heavy (non-hydrogen) atoms. The number of benzene rings is 2. The fraction of sp³-hybridized carbons (Fsp3) is 0.125. The molecule has 1 aliphatic rings. The number of rotatable bonds is 2. The van der Waals surface area contributed by atoms with Gasteiger partial charge in [-0.15, -0.1) is 0 Å². The van der Waals surface area contributed by atoms with Crippen LogP contribution in [0, 0.1) is 3.57 Å². The minimum atomic E-state index is -0.316. The van der Waals surface area contributed by atoms with Gasteiger partial charge in [-0.25, -0.2) is 0 Å². The van der Waals surface area contributed by atoms with Crippen molar-refractivity contribution in [3.8, 4) is 0 Å². The molecule has 106 valence electrons. The fourth-order valence-electron chi connectivity index (χ4n) is 2.32. The van der Waals surface area contributed by atoms with Crippen molar-refractivity contribution in [1.29, 1.82) is 0 Å². The number of carbonyl (C=O) groups excluding carboxylic acids is 1. The van der Waals surface area contributed by atoms with Crippen LogP contribution in [0.1, 0.15) is 11.1 Å². The van der Waals surface area contributed by atoms with Gasteiger partial charge in [0.15, 0.2) is 0 Å². The lowest BCUT2D eigenvalue weighted by Gasteiger charge is -2.13. The van der Waals surface area contributed by atoms with Crippen LogP contribution in [0.4, 0.5) is 5.69 Å². The molecule has 0 aromatic heterocycles. The van der Waals surface area contributed by atoms with E-state index in [0.29, 0.717) is 11.6 Å². The quantitative estimate of drug-likeness (QED) is 0.605. The highest BCUT2D eigenvalue weighted by Gasteiger charge is 2.20. The van der Waals surface area contributed by atoms with Gasteiger partial charge in [-0.2, -0.15) is 0 Å². The number of hydrogen-bond acceptors (Lipinski definition) is 3. The molecule has 0 fully saturated rings. The molecule has 1 aliphatic heterocycles. The van der Waals surface area contributed by atoms with Crippen molar-refractivity contribution >= 4 is 51.9 Å². The van der Waals surface area contributed by atoms with Gasteiger partial charge in [0.05, 0.1) is 12.3 Å². The number of benzodiazepines with no additional fused rings is 1. The zero-order valence-electron chi connectivity index (χ0n) is 11.0. The number of nitrogens with one attached hydrogen (secondary N) is 1. The summed E-state index contributed by atoms with van der Waals surface area (Å²) in [5, 5.41) is 3.88. The van der Waals surface area contributed by atoms with Crippen molar-refractivity contribution in [2.24, 2.45) is 4.99 Å². The van der Waals surface area contributed by atoms with Crippen molar-refractivity contribution < 1.29 is 4.79 Å². The molecule has 5 heteroatoms. The Morgan fingerprint density at radius 1 is 1.24 bits per heavy atom. The van der Waals surface area contributed by atoms with Gasteiger partial charge < -0.3 is 10.1 Å². The predicted molar refractivity (Wildman–Crippen MR) is 94.6 cm³/mol. The number of hydrogen-bond donors (Lipinski definition) is 1. The van der Waals surface area contributed by atoms with E-state index in [1.165, 1.54) is 0 Å². The molecule has 0 saturated heterocycles. The molecular weight excluding hydrogens is 399 g/mol. The van der Waals surface area contributed by atoms with Crippen LogP contribution in [-0.2, 0) is 4.79 Å². The van der Waals surface area contributed by atoms with Gasteiger partial charge in [0.25, 0.3) is 0 Å². The van der Waals surface area contributed by atoms with Gasteiger partial charge in [-0.05, 0) is 46.9 Å². The summed E-state index contributed by atoms with van der Waals surface area (Å²) >= 11 is 8.58. The summed E-state index contributed by atoms with van der Waals surface area (Å²) in [7, 11) is 0. The molecule has 2 aromatic carbocycles. The third kappa shape index (κ3) is 2.96. The number of fused-ring (bicyclic) bond motifs is 1. The molecule has 0 radical (unpaired) electrons. The third-order valence-electron chi connectivity index (χ3n) is 3.32. The smallest absolute Gasteiger partial charge is 0.144 e. The van der Waals surface area contributed by atoms with E-state index in [1.807, 2.05) is 36.4 Å². The molecule has 0 spiro atoms. The van der Waals surface area contributed by atoms with Gasteiger partial charge in [-0.3, -0.25) is 4.99 Å². The van der Waals surface area contributed by atoms with Crippen LogP contribution in [0.3, 0.4) is 0 Å². The van der Waals surface area contributed by atoms with Crippen molar-refractivity contribution in [3.05, 3.63) is 62.2 Å². The molecular formula is C16H12ClIN2O. The molecule has 3 nitrogen and oxygen atoms in total. The average molecular weight is 411 g/mol. The van der Waals surface area contributed by atoms with E-state index in [1.54, 1.807) is 0 Å². The predicted octanol–water partition coefficient (Wildman–Crippen LogP) is 3.78. The molecule has 3 rings (SSSR count). The number of aliphatic imine (C=N–C) groups is 1. The van der Waals surface area contributed by atoms with E-state index < -0.39 is 0 Å². The van der Waals surface area contributed by atoms with Crippen molar-refractivity contribution in [2.45, 2.75) is 6.04 Å². The number of aldehydes is 1. The van der Waals surface area contributed by atoms with Gasteiger partial charge in [0.1, 0.15) is 12.3 Å². The minimum absolute atomic E-state index is 0.316. The lowest BCUT2D eigenvalue weighted by molar-refractivity contribution is -0.108. The first kappa shape index (κ1) is 14.5. The standard InChI is InChI=1S/C16H12ClIN2O/c17-14-4-2-1-3-12(14)16-13-7-10(18)5-6-15(13)20-11(9-21)8-19-16/h1-7,9,11,20H,8H2. The zero-order chi connectivity index (χ0) is 14.8. The van der Waals surface area contributed by atoms with Crippen LogP contribution >= 0.6 is 34.2 Å². The van der Waals surface area contributed by atoms with Crippen LogP contribution in [0.25, 0.3) is 0 Å². The first-order valence-electron chi connectivity index (χ1n) is 6.50. The van der Waals surface area contributed by atoms with E-state index in [0.717, 1.165) is 32.4 Å². The topological polar surface area (TPSA) is 41.5 Å². The third-order valence-corrected chi connectivity index (χ3v) is 4.32. The Balaban J connectivity index is 2.20. The Kier molecular flexibility index (Phi) is 4.26. The van der Waals surface area contributed by atoms with Crippen molar-refractivity contribution in [1.82, 2.24) is 0 Å². The highest BCUT2D eigenvalue weighted by Crippen LogP contribution is 2.28. The second-order valence-corrected chi connectivity index (χ2v) is 6.40. The molecule has 1 heterocycles. The SMILES string of the molecule is O=CC1CN=C(c2ccccc2Cl)c2cc(I)ccc2N1. The molecule has 0 bridgehead atoms. The molecule has 1 atom stereocenters. The lowest BCUT2D eigenvalue weighted by Crippen LogP contribution is -2.23. The zero-order valence-corrected chi connectivity index (χ0v) is 13.9. The Morgan fingerprint density at radius 2 is 2.05 bits per heavy atom. The molecule has 0 amide bonds. The van der Waals surface area contributed by atoms with Crippen LogP contribution in [0.2, 0.25) is 5.02 Å². The maximum atomic E-state index is 11.1. The number of anilines is 1. The summed E-state index contributed by atoms with van der Waals surface area (Å²) in [6.07, 6.45) is 0.890. The van der Waals surface area contributed by atoms with Crippen LogP contribution < -0.4 is 5.32 Å². The average Bonchev–Trinajstić information content (AvgIpc) is 2.67. The van der Waals surface area contributed by atoms with Gasteiger partial charge in [-0.1, -0.05) is 29.8 Å². The Morgan fingerprint density at radius 3 is 2.81 bits per heavy atom. The fourth-order valence-corrected chi connectivity index (χ4v) is 3.04. The van der Waals surface area contributed by atoms with E-state index in [-0.39, 0.29) is 6.04 Å². The monoisotopic (exact) mass is 410 g/mol. The summed E-state index contributed by atoms with van der Waals surface area (Å²) in [5.41, 5.74) is 3.59.